The number of hydrogen-bond donors (Lipinski definition) is 1. The molecule has 4 rings (SSSR count). The minimum atomic E-state index is -1.25. The summed E-state index contributed by atoms with van der Waals surface area (Å²) in [5.41, 5.74) is -0.635. The number of furan rings is 2. The molecule has 9 heteroatoms. The number of nitrogens with zero attached hydrogens (tertiary/aromatic N) is 3. The van der Waals surface area contributed by atoms with Gasteiger partial charge in [0.1, 0.15) is 12.0 Å². The van der Waals surface area contributed by atoms with Crippen LogP contribution in [-0.2, 0) is 16.9 Å². The lowest BCUT2D eigenvalue weighted by Gasteiger charge is -2.18. The third-order valence-electron chi connectivity index (χ3n) is 3.82. The van der Waals surface area contributed by atoms with E-state index in [2.05, 4.69) is 15.5 Å². The summed E-state index contributed by atoms with van der Waals surface area (Å²) in [6, 6.07) is 4.40. The summed E-state index contributed by atoms with van der Waals surface area (Å²) in [7, 11) is 0. The first-order chi connectivity index (χ1) is 11.6. The zero-order chi connectivity index (χ0) is 16.7. The molecule has 1 fully saturated rings. The molecule has 9 nitrogen and oxygen atoms in total. The van der Waals surface area contributed by atoms with Gasteiger partial charge in [-0.2, -0.15) is 4.98 Å². The minimum absolute atomic E-state index is 0.109. The number of hydrogen-bond acceptors (Lipinski definition) is 7. The second-order valence-corrected chi connectivity index (χ2v) is 5.45. The monoisotopic (exact) mass is 328 g/mol. The molecule has 1 N–H and O–H groups in total. The molecule has 1 aliphatic rings. The lowest BCUT2D eigenvalue weighted by molar-refractivity contribution is -0.132. The lowest BCUT2D eigenvalue weighted by atomic mass is 9.99. The molecule has 122 valence electrons. The smallest absolute Gasteiger partial charge is 0.325 e. The van der Waals surface area contributed by atoms with Crippen molar-refractivity contribution in [3.05, 3.63) is 48.6 Å². The first-order valence-electron chi connectivity index (χ1n) is 7.11. The number of nitrogens with one attached hydrogen (secondary N) is 1. The van der Waals surface area contributed by atoms with E-state index >= 15 is 0 Å². The van der Waals surface area contributed by atoms with Gasteiger partial charge in [-0.25, -0.2) is 4.79 Å². The van der Waals surface area contributed by atoms with Crippen molar-refractivity contribution in [3.63, 3.8) is 0 Å². The summed E-state index contributed by atoms with van der Waals surface area (Å²) >= 11 is 0. The van der Waals surface area contributed by atoms with Gasteiger partial charge in [-0.3, -0.25) is 9.69 Å². The van der Waals surface area contributed by atoms with E-state index in [0.29, 0.717) is 11.3 Å². The first kappa shape index (κ1) is 14.2. The normalized spacial score (nSPS) is 20.6. The summed E-state index contributed by atoms with van der Waals surface area (Å²) in [5.74, 6) is 0.366. The summed E-state index contributed by atoms with van der Waals surface area (Å²) in [6.07, 6.45) is 4.38. The molecule has 0 spiro atoms. The number of rotatable bonds is 4. The van der Waals surface area contributed by atoms with E-state index in [1.165, 1.54) is 18.8 Å². The number of amides is 3. The maximum Gasteiger partial charge on any atom is 0.325 e. The average Bonchev–Trinajstić information content (AvgIpc) is 3.34. The van der Waals surface area contributed by atoms with Crippen LogP contribution in [0.2, 0.25) is 0 Å². The van der Waals surface area contributed by atoms with E-state index < -0.39 is 17.5 Å². The first-order valence-corrected chi connectivity index (χ1v) is 7.11. The molecule has 3 aromatic heterocycles. The van der Waals surface area contributed by atoms with Crippen molar-refractivity contribution in [2.75, 3.05) is 0 Å². The van der Waals surface area contributed by atoms with Crippen LogP contribution >= 0.6 is 0 Å². The summed E-state index contributed by atoms with van der Waals surface area (Å²) in [4.78, 5) is 30.0. The van der Waals surface area contributed by atoms with Gasteiger partial charge >= 0.3 is 6.03 Å². The molecule has 1 aliphatic heterocycles. The number of aromatic nitrogens is 2. The molecule has 0 aliphatic carbocycles. The molecule has 3 amide bonds. The summed E-state index contributed by atoms with van der Waals surface area (Å²) in [6.45, 7) is 1.47. The largest absolute Gasteiger partial charge is 0.472 e. The second kappa shape index (κ2) is 5.08. The van der Waals surface area contributed by atoms with Crippen LogP contribution in [0.15, 0.2) is 50.3 Å². The highest BCUT2D eigenvalue weighted by Crippen LogP contribution is 2.30. The zero-order valence-electron chi connectivity index (χ0n) is 12.6. The van der Waals surface area contributed by atoms with E-state index in [4.69, 9.17) is 13.4 Å². The molecule has 24 heavy (non-hydrogen) atoms. The van der Waals surface area contributed by atoms with E-state index in [0.717, 1.165) is 4.90 Å². The molecule has 0 aromatic carbocycles. The molecule has 0 unspecified atom stereocenters. The van der Waals surface area contributed by atoms with Gasteiger partial charge < -0.3 is 18.7 Å². The van der Waals surface area contributed by atoms with Crippen molar-refractivity contribution in [1.29, 1.82) is 0 Å². The second-order valence-electron chi connectivity index (χ2n) is 5.45. The van der Waals surface area contributed by atoms with Gasteiger partial charge in [-0.1, -0.05) is 5.16 Å². The molecule has 3 aromatic rings. The van der Waals surface area contributed by atoms with Crippen molar-refractivity contribution in [2.45, 2.75) is 19.0 Å². The number of carbonyl (C=O) groups excluding carboxylic acids is 2. The average molecular weight is 328 g/mol. The summed E-state index contributed by atoms with van der Waals surface area (Å²) in [5, 5.41) is 6.42. The lowest BCUT2D eigenvalue weighted by Crippen LogP contribution is -2.40. The Kier molecular flexibility index (Phi) is 3.02. The van der Waals surface area contributed by atoms with E-state index in [9.17, 15) is 9.59 Å². The quantitative estimate of drug-likeness (QED) is 0.727. The number of carbonyl (C=O) groups is 2. The highest BCUT2D eigenvalue weighted by molar-refractivity contribution is 6.06. The maximum absolute atomic E-state index is 12.7. The number of imide groups is 1. The Labute approximate surface area is 135 Å². The van der Waals surface area contributed by atoms with Gasteiger partial charge in [0.2, 0.25) is 0 Å². The Balaban J connectivity index is 1.57. The molecular weight excluding hydrogens is 316 g/mol. The van der Waals surface area contributed by atoms with Gasteiger partial charge in [0.15, 0.2) is 11.4 Å². The van der Waals surface area contributed by atoms with Crippen molar-refractivity contribution in [1.82, 2.24) is 20.4 Å². The van der Waals surface area contributed by atoms with Crippen LogP contribution < -0.4 is 5.32 Å². The minimum Gasteiger partial charge on any atom is -0.472 e. The zero-order valence-corrected chi connectivity index (χ0v) is 12.6. The molecule has 0 saturated carbocycles. The standard InChI is InChI=1S/C15H12N4O5/c1-15(10-3-2-5-23-10)13(20)19(14(21)17-15)7-11-16-12(24-18-11)9-4-6-22-8-9/h2-6,8H,7H2,1H3,(H,17,21)/t15-/m1/s1. The van der Waals surface area contributed by atoms with Crippen LogP contribution in [0.1, 0.15) is 18.5 Å². The Bertz CT molecular complexity index is 883. The van der Waals surface area contributed by atoms with Crippen LogP contribution in [0.3, 0.4) is 0 Å². The Morgan fingerprint density at radius 1 is 1.29 bits per heavy atom. The van der Waals surface area contributed by atoms with Crippen molar-refractivity contribution in [2.24, 2.45) is 0 Å². The fourth-order valence-electron chi connectivity index (χ4n) is 2.53. The van der Waals surface area contributed by atoms with Crippen LogP contribution in [0.4, 0.5) is 4.79 Å². The Morgan fingerprint density at radius 3 is 2.88 bits per heavy atom. The van der Waals surface area contributed by atoms with Crippen LogP contribution in [0.25, 0.3) is 11.5 Å². The topological polar surface area (TPSA) is 115 Å². The van der Waals surface area contributed by atoms with Crippen molar-refractivity contribution in [3.8, 4) is 11.5 Å². The maximum atomic E-state index is 12.7. The highest BCUT2D eigenvalue weighted by Gasteiger charge is 2.51. The van der Waals surface area contributed by atoms with Crippen LogP contribution in [0.5, 0.6) is 0 Å². The highest BCUT2D eigenvalue weighted by atomic mass is 16.5. The van der Waals surface area contributed by atoms with Crippen molar-refractivity contribution >= 4 is 11.9 Å². The fraction of sp³-hybridized carbons (Fsp3) is 0.200. The summed E-state index contributed by atoms with van der Waals surface area (Å²) < 4.78 is 15.3. The SMILES string of the molecule is C[C@]1(c2ccco2)NC(=O)N(Cc2noc(-c3ccoc3)n2)C1=O. The third kappa shape index (κ3) is 2.09. The molecule has 0 bridgehead atoms. The van der Waals surface area contributed by atoms with Gasteiger partial charge in [-0.05, 0) is 25.1 Å². The Morgan fingerprint density at radius 2 is 2.17 bits per heavy atom. The Hall–Kier alpha value is -3.36. The van der Waals surface area contributed by atoms with Crippen LogP contribution in [-0.4, -0.2) is 27.0 Å². The predicted molar refractivity (Wildman–Crippen MR) is 77.1 cm³/mol. The van der Waals surface area contributed by atoms with Gasteiger partial charge in [0.25, 0.3) is 11.8 Å². The van der Waals surface area contributed by atoms with Crippen molar-refractivity contribution < 1.29 is 22.9 Å². The molecule has 1 saturated heterocycles. The molecular formula is C15H12N4O5. The van der Waals surface area contributed by atoms with Gasteiger partial charge in [0.05, 0.1) is 24.6 Å². The van der Waals surface area contributed by atoms with E-state index in [1.807, 2.05) is 0 Å². The molecule has 0 radical (unpaired) electrons. The van der Waals surface area contributed by atoms with Gasteiger partial charge in [0, 0.05) is 0 Å². The number of urea groups is 1. The van der Waals surface area contributed by atoms with Crippen LogP contribution in [0, 0.1) is 0 Å². The van der Waals surface area contributed by atoms with E-state index in [1.54, 1.807) is 25.1 Å². The predicted octanol–water partition coefficient (Wildman–Crippen LogP) is 1.89. The third-order valence-corrected chi connectivity index (χ3v) is 3.82. The van der Waals surface area contributed by atoms with Gasteiger partial charge in [-0.15, -0.1) is 0 Å². The molecule has 4 heterocycles. The van der Waals surface area contributed by atoms with E-state index in [-0.39, 0.29) is 18.3 Å². The fourth-order valence-corrected chi connectivity index (χ4v) is 2.53. The molecule has 1 atom stereocenters.